The molecule has 2 atom stereocenters. The first-order valence-corrected chi connectivity index (χ1v) is 7.10. The smallest absolute Gasteiger partial charge is 0.0502 e. The van der Waals surface area contributed by atoms with Crippen LogP contribution in [-0.2, 0) is 11.2 Å². The molecule has 2 rings (SSSR count). The Labute approximate surface area is 121 Å². The predicted molar refractivity (Wildman–Crippen MR) is 83.8 cm³/mol. The van der Waals surface area contributed by atoms with Gasteiger partial charge in [0.2, 0.25) is 0 Å². The van der Waals surface area contributed by atoms with Crippen molar-refractivity contribution in [2.24, 2.45) is 5.73 Å². The van der Waals surface area contributed by atoms with Gasteiger partial charge in [-0.15, -0.1) is 0 Å². The summed E-state index contributed by atoms with van der Waals surface area (Å²) in [7, 11) is 1.73. The van der Waals surface area contributed by atoms with Crippen LogP contribution in [0.1, 0.15) is 35.6 Å². The molecule has 0 saturated heterocycles. The van der Waals surface area contributed by atoms with Crippen LogP contribution in [0.15, 0.2) is 54.6 Å². The lowest BCUT2D eigenvalue weighted by Crippen LogP contribution is -2.17. The maximum Gasteiger partial charge on any atom is 0.0502 e. The highest BCUT2D eigenvalue weighted by atomic mass is 16.5. The molecule has 2 heteroatoms. The van der Waals surface area contributed by atoms with E-state index in [-0.39, 0.29) is 6.04 Å². The monoisotopic (exact) mass is 269 g/mol. The first-order valence-electron chi connectivity index (χ1n) is 7.10. The molecule has 0 radical (unpaired) electrons. The molecular weight excluding hydrogens is 246 g/mol. The number of nitrogens with two attached hydrogens (primary N) is 1. The van der Waals surface area contributed by atoms with Crippen LogP contribution in [0.5, 0.6) is 0 Å². The van der Waals surface area contributed by atoms with Gasteiger partial charge in [0.1, 0.15) is 0 Å². The zero-order valence-electron chi connectivity index (χ0n) is 12.3. The SMILES string of the molecule is COCCc1ccc(C(N)C(C)c2ccccc2)cc1. The summed E-state index contributed by atoms with van der Waals surface area (Å²) in [5, 5.41) is 0. The van der Waals surface area contributed by atoms with Crippen LogP contribution in [0.3, 0.4) is 0 Å². The summed E-state index contributed by atoms with van der Waals surface area (Å²) in [5.74, 6) is 0.307. The molecule has 0 amide bonds. The van der Waals surface area contributed by atoms with E-state index in [4.69, 9.17) is 10.5 Å². The third-order valence-electron chi connectivity index (χ3n) is 3.82. The van der Waals surface area contributed by atoms with E-state index < -0.39 is 0 Å². The fourth-order valence-corrected chi connectivity index (χ4v) is 2.38. The van der Waals surface area contributed by atoms with E-state index in [1.807, 2.05) is 6.07 Å². The van der Waals surface area contributed by atoms with Gasteiger partial charge in [0.05, 0.1) is 6.61 Å². The highest BCUT2D eigenvalue weighted by Gasteiger charge is 2.16. The molecule has 106 valence electrons. The minimum atomic E-state index is 0.0221. The largest absolute Gasteiger partial charge is 0.384 e. The summed E-state index contributed by atoms with van der Waals surface area (Å²) in [4.78, 5) is 0. The third-order valence-corrected chi connectivity index (χ3v) is 3.82. The van der Waals surface area contributed by atoms with Gasteiger partial charge in [0.25, 0.3) is 0 Å². The van der Waals surface area contributed by atoms with Crippen LogP contribution >= 0.6 is 0 Å². The van der Waals surface area contributed by atoms with Gasteiger partial charge in [0, 0.05) is 19.1 Å². The van der Waals surface area contributed by atoms with Crippen LogP contribution in [0.4, 0.5) is 0 Å². The lowest BCUT2D eigenvalue weighted by atomic mass is 9.89. The Hall–Kier alpha value is -1.64. The lowest BCUT2D eigenvalue weighted by molar-refractivity contribution is 0.202. The van der Waals surface area contributed by atoms with Crippen molar-refractivity contribution >= 4 is 0 Å². The molecule has 2 aromatic carbocycles. The van der Waals surface area contributed by atoms with E-state index in [0.717, 1.165) is 13.0 Å². The summed E-state index contributed by atoms with van der Waals surface area (Å²) < 4.78 is 5.09. The van der Waals surface area contributed by atoms with Crippen molar-refractivity contribution in [2.45, 2.75) is 25.3 Å². The van der Waals surface area contributed by atoms with Crippen molar-refractivity contribution < 1.29 is 4.74 Å². The maximum atomic E-state index is 6.40. The maximum absolute atomic E-state index is 6.40. The van der Waals surface area contributed by atoms with E-state index in [2.05, 4.69) is 55.5 Å². The van der Waals surface area contributed by atoms with Crippen molar-refractivity contribution in [1.29, 1.82) is 0 Å². The Kier molecular flexibility index (Phi) is 5.33. The summed E-state index contributed by atoms with van der Waals surface area (Å²) in [5.41, 5.74) is 10.1. The molecule has 0 aromatic heterocycles. The molecule has 2 nitrogen and oxygen atoms in total. The number of hydrogen-bond acceptors (Lipinski definition) is 2. The number of hydrogen-bond donors (Lipinski definition) is 1. The molecule has 0 aliphatic carbocycles. The van der Waals surface area contributed by atoms with Crippen LogP contribution < -0.4 is 5.73 Å². The third kappa shape index (κ3) is 3.69. The van der Waals surface area contributed by atoms with Crippen molar-refractivity contribution in [2.75, 3.05) is 13.7 Å². The number of benzene rings is 2. The van der Waals surface area contributed by atoms with E-state index in [1.54, 1.807) is 7.11 Å². The van der Waals surface area contributed by atoms with Gasteiger partial charge in [-0.05, 0) is 23.1 Å². The molecule has 20 heavy (non-hydrogen) atoms. The minimum absolute atomic E-state index is 0.0221. The van der Waals surface area contributed by atoms with Crippen molar-refractivity contribution in [3.05, 3.63) is 71.3 Å². The summed E-state index contributed by atoms with van der Waals surface area (Å²) >= 11 is 0. The molecule has 0 bridgehead atoms. The lowest BCUT2D eigenvalue weighted by Gasteiger charge is -2.21. The normalized spacial score (nSPS) is 13.9. The van der Waals surface area contributed by atoms with Gasteiger partial charge in [-0.2, -0.15) is 0 Å². The van der Waals surface area contributed by atoms with Gasteiger partial charge in [-0.3, -0.25) is 0 Å². The highest BCUT2D eigenvalue weighted by Crippen LogP contribution is 2.28. The zero-order chi connectivity index (χ0) is 14.4. The average Bonchev–Trinajstić information content (AvgIpc) is 2.53. The molecule has 0 spiro atoms. The first-order chi connectivity index (χ1) is 9.72. The fourth-order valence-electron chi connectivity index (χ4n) is 2.38. The molecule has 0 aliphatic heterocycles. The second-order valence-electron chi connectivity index (χ2n) is 5.21. The minimum Gasteiger partial charge on any atom is -0.384 e. The molecule has 0 saturated carbocycles. The molecule has 2 N–H and O–H groups in total. The van der Waals surface area contributed by atoms with E-state index >= 15 is 0 Å². The standard InChI is InChI=1S/C18H23NO/c1-14(16-6-4-3-5-7-16)18(19)17-10-8-15(9-11-17)12-13-20-2/h3-11,14,18H,12-13,19H2,1-2H3. The second-order valence-corrected chi connectivity index (χ2v) is 5.21. The quantitative estimate of drug-likeness (QED) is 0.868. The Bertz CT molecular complexity index is 507. The zero-order valence-corrected chi connectivity index (χ0v) is 12.3. The van der Waals surface area contributed by atoms with Gasteiger partial charge < -0.3 is 10.5 Å². The Morgan fingerprint density at radius 3 is 2.20 bits per heavy atom. The molecule has 0 fully saturated rings. The van der Waals surface area contributed by atoms with E-state index in [1.165, 1.54) is 16.7 Å². The highest BCUT2D eigenvalue weighted by molar-refractivity contribution is 5.29. The molecule has 0 aliphatic rings. The molecule has 2 aromatic rings. The second kappa shape index (κ2) is 7.22. The molecule has 0 heterocycles. The molecule has 2 unspecified atom stereocenters. The van der Waals surface area contributed by atoms with E-state index in [9.17, 15) is 0 Å². The Morgan fingerprint density at radius 1 is 0.950 bits per heavy atom. The Balaban J connectivity index is 2.07. The first kappa shape index (κ1) is 14.8. The fraction of sp³-hybridized carbons (Fsp3) is 0.333. The predicted octanol–water partition coefficient (Wildman–Crippen LogP) is 3.68. The van der Waals surface area contributed by atoms with Gasteiger partial charge in [-0.25, -0.2) is 0 Å². The molecular formula is C18H23NO. The van der Waals surface area contributed by atoms with Gasteiger partial charge >= 0.3 is 0 Å². The van der Waals surface area contributed by atoms with E-state index in [0.29, 0.717) is 5.92 Å². The van der Waals surface area contributed by atoms with Crippen LogP contribution in [0.25, 0.3) is 0 Å². The van der Waals surface area contributed by atoms with Crippen LogP contribution in [0.2, 0.25) is 0 Å². The summed E-state index contributed by atoms with van der Waals surface area (Å²) in [6, 6.07) is 19.0. The summed E-state index contributed by atoms with van der Waals surface area (Å²) in [6.07, 6.45) is 0.945. The van der Waals surface area contributed by atoms with Crippen molar-refractivity contribution in [3.63, 3.8) is 0 Å². The topological polar surface area (TPSA) is 35.2 Å². The number of rotatable bonds is 6. The number of ether oxygens (including phenoxy) is 1. The van der Waals surface area contributed by atoms with Gasteiger partial charge in [-0.1, -0.05) is 61.5 Å². The van der Waals surface area contributed by atoms with Crippen molar-refractivity contribution in [3.8, 4) is 0 Å². The number of methoxy groups -OCH3 is 1. The van der Waals surface area contributed by atoms with Crippen LogP contribution in [-0.4, -0.2) is 13.7 Å². The van der Waals surface area contributed by atoms with Crippen molar-refractivity contribution in [1.82, 2.24) is 0 Å². The van der Waals surface area contributed by atoms with Gasteiger partial charge in [0.15, 0.2) is 0 Å². The van der Waals surface area contributed by atoms with Crippen LogP contribution in [0, 0.1) is 0 Å². The average molecular weight is 269 g/mol. The Morgan fingerprint density at radius 2 is 1.60 bits per heavy atom. The summed E-state index contributed by atoms with van der Waals surface area (Å²) in [6.45, 7) is 2.94.